The summed E-state index contributed by atoms with van der Waals surface area (Å²) in [4.78, 5) is 4.53. The Morgan fingerprint density at radius 2 is 2.00 bits per heavy atom. The van der Waals surface area contributed by atoms with Gasteiger partial charge in [0.15, 0.2) is 0 Å². The average molecular weight is 262 g/mol. The number of anilines is 1. The number of piperazine rings is 1. The lowest BCUT2D eigenvalue weighted by Crippen LogP contribution is -2.47. The van der Waals surface area contributed by atoms with Gasteiger partial charge in [-0.3, -0.25) is 10.3 Å². The van der Waals surface area contributed by atoms with Gasteiger partial charge in [0, 0.05) is 44.0 Å². The number of aryl methyl sites for hydroxylation is 1. The van der Waals surface area contributed by atoms with E-state index < -0.39 is 0 Å². The first-order valence-corrected chi connectivity index (χ1v) is 6.65. The highest BCUT2D eigenvalue weighted by Crippen LogP contribution is 2.23. The Labute approximate surface area is 114 Å². The number of nitrogens with two attached hydrogens (primary N) is 1. The predicted molar refractivity (Wildman–Crippen MR) is 77.9 cm³/mol. The Bertz CT molecular complexity index is 453. The molecule has 0 spiro atoms. The van der Waals surface area contributed by atoms with Crippen LogP contribution in [0.3, 0.4) is 0 Å². The van der Waals surface area contributed by atoms with Crippen molar-refractivity contribution in [2.75, 3.05) is 44.2 Å². The number of nitrogens with one attached hydrogen (secondary N) is 1. The maximum absolute atomic E-state index is 8.95. The van der Waals surface area contributed by atoms with Crippen molar-refractivity contribution in [1.82, 2.24) is 4.90 Å². The predicted octanol–water partition coefficient (Wildman–Crippen LogP) is 0.393. The molecular weight excluding hydrogens is 240 g/mol. The summed E-state index contributed by atoms with van der Waals surface area (Å²) in [6.45, 7) is 6.69. The van der Waals surface area contributed by atoms with Crippen LogP contribution >= 0.6 is 0 Å². The van der Waals surface area contributed by atoms with Crippen molar-refractivity contribution in [1.29, 1.82) is 5.41 Å². The minimum Gasteiger partial charge on any atom is -0.395 e. The number of nitrogens with zero attached hydrogens (tertiary/aromatic N) is 2. The molecule has 1 aromatic rings. The number of aliphatic hydroxyl groups is 1. The van der Waals surface area contributed by atoms with Gasteiger partial charge in [0.1, 0.15) is 5.84 Å². The van der Waals surface area contributed by atoms with E-state index in [1.807, 2.05) is 12.1 Å². The highest BCUT2D eigenvalue weighted by atomic mass is 16.3. The fraction of sp³-hybridized carbons (Fsp3) is 0.500. The molecule has 0 aromatic heterocycles. The number of aliphatic hydroxyl groups excluding tert-OH is 1. The lowest BCUT2D eigenvalue weighted by Gasteiger charge is -2.36. The number of β-amino-alcohol motifs (C(OH)–C–C–N with tert-alkyl or cyclic N) is 1. The van der Waals surface area contributed by atoms with E-state index in [0.29, 0.717) is 0 Å². The maximum atomic E-state index is 8.95. The number of rotatable bonds is 4. The SMILES string of the molecule is Cc1ccc(C(=N)N)c(N2CCN(CCO)CC2)c1. The van der Waals surface area contributed by atoms with E-state index in [4.69, 9.17) is 16.2 Å². The second-order valence-corrected chi connectivity index (χ2v) is 4.99. The summed E-state index contributed by atoms with van der Waals surface area (Å²) >= 11 is 0. The van der Waals surface area contributed by atoms with Crippen LogP contribution in [0.2, 0.25) is 0 Å². The molecule has 1 heterocycles. The van der Waals surface area contributed by atoms with E-state index in [1.54, 1.807) is 0 Å². The van der Waals surface area contributed by atoms with E-state index in [2.05, 4.69) is 22.8 Å². The van der Waals surface area contributed by atoms with Crippen molar-refractivity contribution in [2.24, 2.45) is 5.73 Å². The fourth-order valence-corrected chi connectivity index (χ4v) is 2.48. The van der Waals surface area contributed by atoms with Crippen LogP contribution in [0.25, 0.3) is 0 Å². The lowest BCUT2D eigenvalue weighted by atomic mass is 10.1. The minimum atomic E-state index is 0.118. The Morgan fingerprint density at radius 1 is 1.32 bits per heavy atom. The molecule has 1 aromatic carbocycles. The summed E-state index contributed by atoms with van der Waals surface area (Å²) in [6, 6.07) is 6.01. The van der Waals surface area contributed by atoms with E-state index in [-0.39, 0.29) is 12.4 Å². The number of hydrogen-bond acceptors (Lipinski definition) is 4. The molecule has 1 fully saturated rings. The Morgan fingerprint density at radius 3 is 2.58 bits per heavy atom. The van der Waals surface area contributed by atoms with Gasteiger partial charge in [0.2, 0.25) is 0 Å². The van der Waals surface area contributed by atoms with Crippen LogP contribution < -0.4 is 10.6 Å². The second kappa shape index (κ2) is 6.04. The molecule has 19 heavy (non-hydrogen) atoms. The van der Waals surface area contributed by atoms with Crippen molar-refractivity contribution in [3.8, 4) is 0 Å². The van der Waals surface area contributed by atoms with Gasteiger partial charge in [-0.1, -0.05) is 6.07 Å². The molecule has 0 aliphatic carbocycles. The molecule has 0 radical (unpaired) electrons. The fourth-order valence-electron chi connectivity index (χ4n) is 2.48. The minimum absolute atomic E-state index is 0.118. The van der Waals surface area contributed by atoms with E-state index in [1.165, 1.54) is 5.56 Å². The molecule has 0 unspecified atom stereocenters. The summed E-state index contributed by atoms with van der Waals surface area (Å²) in [5.74, 6) is 0.118. The topological polar surface area (TPSA) is 76.6 Å². The molecule has 0 saturated carbocycles. The van der Waals surface area contributed by atoms with Gasteiger partial charge < -0.3 is 15.7 Å². The molecule has 5 heteroatoms. The number of nitrogen functional groups attached to an aromatic ring is 1. The first-order valence-electron chi connectivity index (χ1n) is 6.65. The van der Waals surface area contributed by atoms with Crippen LogP contribution in [0.5, 0.6) is 0 Å². The summed E-state index contributed by atoms with van der Waals surface area (Å²) in [7, 11) is 0. The van der Waals surface area contributed by atoms with Gasteiger partial charge in [0.25, 0.3) is 0 Å². The maximum Gasteiger partial charge on any atom is 0.124 e. The normalized spacial score (nSPS) is 16.6. The van der Waals surface area contributed by atoms with E-state index >= 15 is 0 Å². The van der Waals surface area contributed by atoms with Gasteiger partial charge in [-0.05, 0) is 24.6 Å². The van der Waals surface area contributed by atoms with Gasteiger partial charge in [-0.25, -0.2) is 0 Å². The zero-order valence-corrected chi connectivity index (χ0v) is 11.4. The third kappa shape index (κ3) is 3.24. The monoisotopic (exact) mass is 262 g/mol. The molecule has 0 amide bonds. The van der Waals surface area contributed by atoms with E-state index in [0.717, 1.165) is 44.0 Å². The first kappa shape index (κ1) is 13.8. The lowest BCUT2D eigenvalue weighted by molar-refractivity contribution is 0.189. The Balaban J connectivity index is 2.14. The van der Waals surface area contributed by atoms with Crippen LogP contribution in [0.4, 0.5) is 5.69 Å². The van der Waals surface area contributed by atoms with Crippen molar-refractivity contribution in [2.45, 2.75) is 6.92 Å². The van der Waals surface area contributed by atoms with Gasteiger partial charge >= 0.3 is 0 Å². The van der Waals surface area contributed by atoms with Crippen LogP contribution in [0.1, 0.15) is 11.1 Å². The van der Waals surface area contributed by atoms with Crippen molar-refractivity contribution in [3.63, 3.8) is 0 Å². The Kier molecular flexibility index (Phi) is 4.39. The van der Waals surface area contributed by atoms with Crippen molar-refractivity contribution >= 4 is 11.5 Å². The second-order valence-electron chi connectivity index (χ2n) is 4.99. The smallest absolute Gasteiger partial charge is 0.124 e. The molecule has 1 saturated heterocycles. The third-order valence-corrected chi connectivity index (χ3v) is 3.57. The summed E-state index contributed by atoms with van der Waals surface area (Å²) in [5, 5.41) is 16.6. The number of benzene rings is 1. The van der Waals surface area contributed by atoms with Crippen molar-refractivity contribution in [3.05, 3.63) is 29.3 Å². The number of hydrogen-bond donors (Lipinski definition) is 3. The average Bonchev–Trinajstić information content (AvgIpc) is 2.39. The zero-order valence-electron chi connectivity index (χ0n) is 11.4. The number of amidine groups is 1. The van der Waals surface area contributed by atoms with Crippen LogP contribution in [-0.4, -0.2) is 55.2 Å². The molecule has 104 valence electrons. The molecule has 2 rings (SSSR count). The largest absolute Gasteiger partial charge is 0.395 e. The van der Waals surface area contributed by atoms with Gasteiger partial charge in [0.05, 0.1) is 6.61 Å². The van der Waals surface area contributed by atoms with Gasteiger partial charge in [-0.15, -0.1) is 0 Å². The highest BCUT2D eigenvalue weighted by molar-refractivity contribution is 6.00. The first-order chi connectivity index (χ1) is 9.11. The highest BCUT2D eigenvalue weighted by Gasteiger charge is 2.19. The van der Waals surface area contributed by atoms with Crippen LogP contribution in [-0.2, 0) is 0 Å². The third-order valence-electron chi connectivity index (χ3n) is 3.57. The summed E-state index contributed by atoms with van der Waals surface area (Å²) in [5.41, 5.74) is 8.70. The van der Waals surface area contributed by atoms with E-state index in [9.17, 15) is 0 Å². The molecule has 0 atom stereocenters. The molecular formula is C14H22N4O. The molecule has 1 aliphatic rings. The van der Waals surface area contributed by atoms with Crippen LogP contribution in [0.15, 0.2) is 18.2 Å². The standard InChI is InChI=1S/C14H22N4O/c1-11-2-3-12(14(15)16)13(10-11)18-6-4-17(5-7-18)8-9-19/h2-3,10,19H,4-9H2,1H3,(H3,15,16). The molecule has 0 bridgehead atoms. The quantitative estimate of drug-likeness (QED) is 0.542. The molecule has 4 N–H and O–H groups in total. The molecule has 5 nitrogen and oxygen atoms in total. The summed E-state index contributed by atoms with van der Waals surface area (Å²) in [6.07, 6.45) is 0. The zero-order chi connectivity index (χ0) is 13.8. The van der Waals surface area contributed by atoms with Gasteiger partial charge in [-0.2, -0.15) is 0 Å². The van der Waals surface area contributed by atoms with Crippen molar-refractivity contribution < 1.29 is 5.11 Å². The van der Waals surface area contributed by atoms with Crippen LogP contribution in [0, 0.1) is 12.3 Å². The molecule has 1 aliphatic heterocycles. The summed E-state index contributed by atoms with van der Waals surface area (Å²) < 4.78 is 0. The Hall–Kier alpha value is -1.59.